The molecule has 1 saturated carbocycles. The summed E-state index contributed by atoms with van der Waals surface area (Å²) in [4.78, 5) is 26.9. The second-order valence-electron chi connectivity index (χ2n) is 5.07. The van der Waals surface area contributed by atoms with E-state index in [0.29, 0.717) is 23.0 Å². The van der Waals surface area contributed by atoms with E-state index in [2.05, 4.69) is 26.9 Å². The minimum absolute atomic E-state index is 0.226. The lowest BCUT2D eigenvalue weighted by atomic mass is 9.79. The first-order valence-electron chi connectivity index (χ1n) is 6.46. The van der Waals surface area contributed by atoms with Gasteiger partial charge in [0.05, 0.1) is 12.0 Å². The van der Waals surface area contributed by atoms with Crippen molar-refractivity contribution in [1.82, 2.24) is 19.9 Å². The zero-order chi connectivity index (χ0) is 12.5. The summed E-state index contributed by atoms with van der Waals surface area (Å²) in [7, 11) is 0. The minimum atomic E-state index is -0.226. The molecule has 2 aromatic rings. The maximum absolute atomic E-state index is 11.5. The van der Waals surface area contributed by atoms with E-state index in [1.54, 1.807) is 6.20 Å². The SMILES string of the molecule is C[C@@H]1CCCC[C@H]1c1cnc2c(=O)[nH]cnc2n1. The van der Waals surface area contributed by atoms with Gasteiger partial charge in [0, 0.05) is 12.1 Å². The van der Waals surface area contributed by atoms with Crippen molar-refractivity contribution in [2.45, 2.75) is 38.5 Å². The van der Waals surface area contributed by atoms with Crippen LogP contribution in [0.3, 0.4) is 0 Å². The normalized spacial score (nSPS) is 24.3. The summed E-state index contributed by atoms with van der Waals surface area (Å²) in [5, 5.41) is 0. The topological polar surface area (TPSA) is 71.5 Å². The fourth-order valence-corrected chi connectivity index (χ4v) is 2.80. The molecule has 0 saturated heterocycles. The van der Waals surface area contributed by atoms with E-state index < -0.39 is 0 Å². The van der Waals surface area contributed by atoms with Gasteiger partial charge in [0.1, 0.15) is 0 Å². The fourth-order valence-electron chi connectivity index (χ4n) is 2.80. The molecule has 0 amide bonds. The Kier molecular flexibility index (Phi) is 2.81. The maximum Gasteiger partial charge on any atom is 0.278 e. The summed E-state index contributed by atoms with van der Waals surface area (Å²) >= 11 is 0. The Morgan fingerprint density at radius 2 is 2.11 bits per heavy atom. The molecule has 5 nitrogen and oxygen atoms in total. The van der Waals surface area contributed by atoms with Gasteiger partial charge in [-0.15, -0.1) is 0 Å². The van der Waals surface area contributed by atoms with Crippen LogP contribution in [-0.2, 0) is 0 Å². The van der Waals surface area contributed by atoms with Gasteiger partial charge < -0.3 is 4.98 Å². The highest BCUT2D eigenvalue weighted by atomic mass is 16.1. The number of hydrogen-bond donors (Lipinski definition) is 1. The van der Waals surface area contributed by atoms with E-state index >= 15 is 0 Å². The molecular weight excluding hydrogens is 228 g/mol. The molecule has 18 heavy (non-hydrogen) atoms. The molecule has 5 heteroatoms. The van der Waals surface area contributed by atoms with E-state index in [4.69, 9.17) is 0 Å². The van der Waals surface area contributed by atoms with Gasteiger partial charge in [-0.05, 0) is 12.3 Å². The lowest BCUT2D eigenvalue weighted by Gasteiger charge is -2.27. The summed E-state index contributed by atoms with van der Waals surface area (Å²) in [5.41, 5.74) is 1.53. The zero-order valence-electron chi connectivity index (χ0n) is 10.4. The molecule has 0 aromatic carbocycles. The molecule has 0 radical (unpaired) electrons. The smallest absolute Gasteiger partial charge is 0.278 e. The average molecular weight is 244 g/mol. The van der Waals surface area contributed by atoms with E-state index in [0.717, 1.165) is 12.1 Å². The average Bonchev–Trinajstić information content (AvgIpc) is 2.39. The Bertz CT molecular complexity index is 622. The quantitative estimate of drug-likeness (QED) is 0.832. The van der Waals surface area contributed by atoms with Crippen LogP contribution in [0.25, 0.3) is 11.2 Å². The van der Waals surface area contributed by atoms with Gasteiger partial charge in [0.25, 0.3) is 5.56 Å². The third-order valence-corrected chi connectivity index (χ3v) is 3.86. The van der Waals surface area contributed by atoms with Crippen molar-refractivity contribution < 1.29 is 0 Å². The minimum Gasteiger partial charge on any atom is -0.311 e. The van der Waals surface area contributed by atoms with Gasteiger partial charge in [0.15, 0.2) is 11.2 Å². The van der Waals surface area contributed by atoms with E-state index in [-0.39, 0.29) is 5.56 Å². The fraction of sp³-hybridized carbons (Fsp3) is 0.538. The van der Waals surface area contributed by atoms with Gasteiger partial charge in [0.2, 0.25) is 0 Å². The molecule has 0 spiro atoms. The van der Waals surface area contributed by atoms with E-state index in [1.807, 2.05) is 0 Å². The molecule has 1 N–H and O–H groups in total. The number of hydrogen-bond acceptors (Lipinski definition) is 4. The van der Waals surface area contributed by atoms with Crippen molar-refractivity contribution in [2.75, 3.05) is 0 Å². The number of aromatic nitrogens is 4. The van der Waals surface area contributed by atoms with Gasteiger partial charge in [-0.2, -0.15) is 0 Å². The van der Waals surface area contributed by atoms with E-state index in [1.165, 1.54) is 25.6 Å². The number of fused-ring (bicyclic) bond motifs is 1. The molecule has 94 valence electrons. The second-order valence-corrected chi connectivity index (χ2v) is 5.07. The molecule has 1 aliphatic rings. The van der Waals surface area contributed by atoms with Gasteiger partial charge in [-0.25, -0.2) is 15.0 Å². The van der Waals surface area contributed by atoms with Crippen LogP contribution in [-0.4, -0.2) is 19.9 Å². The standard InChI is InChI=1S/C13H16N4O/c1-8-4-2-3-5-9(8)10-6-14-11-12(17-10)15-7-16-13(11)18/h6-9H,2-5H2,1H3,(H,15,16,17,18)/t8-,9-/m1/s1. The molecule has 1 aliphatic carbocycles. The van der Waals surface area contributed by atoms with Crippen LogP contribution in [0.1, 0.15) is 44.2 Å². The second kappa shape index (κ2) is 4.48. The third-order valence-electron chi connectivity index (χ3n) is 3.86. The first-order chi connectivity index (χ1) is 8.75. The Morgan fingerprint density at radius 3 is 2.94 bits per heavy atom. The molecular formula is C13H16N4O. The number of aromatic amines is 1. The molecule has 0 aliphatic heterocycles. The predicted octanol–water partition coefficient (Wildman–Crippen LogP) is 2.01. The number of rotatable bonds is 1. The highest BCUT2D eigenvalue weighted by molar-refractivity contribution is 5.67. The van der Waals surface area contributed by atoms with Crippen molar-refractivity contribution >= 4 is 11.2 Å². The Labute approximate surface area is 105 Å². The summed E-state index contributed by atoms with van der Waals surface area (Å²) in [5.74, 6) is 1.09. The zero-order valence-corrected chi connectivity index (χ0v) is 10.4. The van der Waals surface area contributed by atoms with Crippen molar-refractivity contribution in [3.63, 3.8) is 0 Å². The Morgan fingerprint density at radius 1 is 1.28 bits per heavy atom. The van der Waals surface area contributed by atoms with Gasteiger partial charge in [-0.3, -0.25) is 4.79 Å². The molecule has 2 aromatic heterocycles. The Hall–Kier alpha value is -1.78. The van der Waals surface area contributed by atoms with Gasteiger partial charge >= 0.3 is 0 Å². The van der Waals surface area contributed by atoms with Crippen molar-refractivity contribution in [2.24, 2.45) is 5.92 Å². The summed E-state index contributed by atoms with van der Waals surface area (Å²) < 4.78 is 0. The predicted molar refractivity (Wildman–Crippen MR) is 68.3 cm³/mol. The van der Waals surface area contributed by atoms with Crippen LogP contribution in [0.2, 0.25) is 0 Å². The van der Waals surface area contributed by atoms with Crippen molar-refractivity contribution in [3.8, 4) is 0 Å². The van der Waals surface area contributed by atoms with Crippen LogP contribution < -0.4 is 5.56 Å². The monoisotopic (exact) mass is 244 g/mol. The number of nitrogens with zero attached hydrogens (tertiary/aromatic N) is 3. The largest absolute Gasteiger partial charge is 0.311 e. The number of nitrogens with one attached hydrogen (secondary N) is 1. The number of H-pyrrole nitrogens is 1. The highest BCUT2D eigenvalue weighted by Crippen LogP contribution is 2.36. The maximum atomic E-state index is 11.5. The van der Waals surface area contributed by atoms with Crippen LogP contribution in [0, 0.1) is 5.92 Å². The van der Waals surface area contributed by atoms with Crippen molar-refractivity contribution in [1.29, 1.82) is 0 Å². The molecule has 2 atom stereocenters. The molecule has 1 fully saturated rings. The van der Waals surface area contributed by atoms with E-state index in [9.17, 15) is 4.79 Å². The summed E-state index contributed by atoms with van der Waals surface area (Å²) in [6.07, 6.45) is 8.07. The summed E-state index contributed by atoms with van der Waals surface area (Å²) in [6.45, 7) is 2.26. The summed E-state index contributed by atoms with van der Waals surface area (Å²) in [6, 6.07) is 0. The first-order valence-corrected chi connectivity index (χ1v) is 6.46. The lowest BCUT2D eigenvalue weighted by molar-refractivity contribution is 0.325. The highest BCUT2D eigenvalue weighted by Gasteiger charge is 2.24. The van der Waals surface area contributed by atoms with Gasteiger partial charge in [-0.1, -0.05) is 26.2 Å². The molecule has 3 rings (SSSR count). The van der Waals surface area contributed by atoms with Crippen molar-refractivity contribution in [3.05, 3.63) is 28.6 Å². The molecule has 0 bridgehead atoms. The lowest BCUT2D eigenvalue weighted by Crippen LogP contribution is -2.17. The first kappa shape index (κ1) is 11.3. The van der Waals surface area contributed by atoms with Crippen LogP contribution in [0.5, 0.6) is 0 Å². The van der Waals surface area contributed by atoms with Crippen LogP contribution in [0.4, 0.5) is 0 Å². The third kappa shape index (κ3) is 1.89. The Balaban J connectivity index is 2.05. The van der Waals surface area contributed by atoms with Crippen LogP contribution >= 0.6 is 0 Å². The molecule has 0 unspecified atom stereocenters. The molecule has 2 heterocycles. The van der Waals surface area contributed by atoms with Crippen LogP contribution in [0.15, 0.2) is 17.3 Å².